The number of carbonyl (C=O) groups excluding carboxylic acids is 2. The number of allylic oxidation sites excluding steroid dienone is 1. The van der Waals surface area contributed by atoms with Gasteiger partial charge in [-0.3, -0.25) is 9.59 Å². The molecule has 0 aromatic heterocycles. The van der Waals surface area contributed by atoms with Crippen LogP contribution in [-0.2, 0) is 14.3 Å². The summed E-state index contributed by atoms with van der Waals surface area (Å²) in [6.07, 6.45) is 6.55. The molecule has 0 spiro atoms. The molecule has 0 aromatic carbocycles. The lowest BCUT2D eigenvalue weighted by Gasteiger charge is -2.62. The van der Waals surface area contributed by atoms with Crippen LogP contribution in [0.5, 0.6) is 0 Å². The number of carbonyl (C=O) groups is 2. The first-order valence-electron chi connectivity index (χ1n) is 12.0. The topological polar surface area (TPSA) is 43.4 Å². The third kappa shape index (κ3) is 2.82. The van der Waals surface area contributed by atoms with Crippen molar-refractivity contribution in [2.24, 2.45) is 52.3 Å². The minimum absolute atomic E-state index is 0.0380. The van der Waals surface area contributed by atoms with Gasteiger partial charge in [-0.25, -0.2) is 0 Å². The zero-order valence-electron chi connectivity index (χ0n) is 19.5. The molecule has 0 saturated heterocycles. The van der Waals surface area contributed by atoms with E-state index in [0.29, 0.717) is 60.1 Å². The van der Waals surface area contributed by atoms with Crippen LogP contribution in [-0.4, -0.2) is 17.9 Å². The molecule has 0 amide bonds. The van der Waals surface area contributed by atoms with Gasteiger partial charge in [0, 0.05) is 18.3 Å². The molecule has 3 saturated carbocycles. The second-order valence-corrected chi connectivity index (χ2v) is 11.4. The van der Waals surface area contributed by atoms with Crippen molar-refractivity contribution < 1.29 is 14.3 Å². The lowest BCUT2D eigenvalue weighted by molar-refractivity contribution is -0.164. The Morgan fingerprint density at radius 3 is 2.45 bits per heavy atom. The molecule has 0 radical (unpaired) electrons. The number of rotatable bonds is 2. The van der Waals surface area contributed by atoms with E-state index in [0.717, 1.165) is 12.8 Å². The average Bonchev–Trinajstić information content (AvgIpc) is 2.88. The lowest BCUT2D eigenvalue weighted by Crippen LogP contribution is -2.57. The Morgan fingerprint density at radius 1 is 1.10 bits per heavy atom. The zero-order chi connectivity index (χ0) is 21.3. The van der Waals surface area contributed by atoms with Gasteiger partial charge >= 0.3 is 5.97 Å². The van der Waals surface area contributed by atoms with Gasteiger partial charge in [-0.1, -0.05) is 54.0 Å². The average molecular weight is 401 g/mol. The Hall–Kier alpha value is -1.12. The van der Waals surface area contributed by atoms with Gasteiger partial charge in [-0.2, -0.15) is 0 Å². The van der Waals surface area contributed by atoms with Crippen LogP contribution < -0.4 is 0 Å². The summed E-state index contributed by atoms with van der Waals surface area (Å²) in [5.74, 6) is 4.10. The molecule has 29 heavy (non-hydrogen) atoms. The molecule has 0 heterocycles. The highest BCUT2D eigenvalue weighted by Crippen LogP contribution is 2.69. The molecule has 4 aliphatic rings. The molecular weight excluding hydrogens is 360 g/mol. The first-order chi connectivity index (χ1) is 13.6. The third-order valence-corrected chi connectivity index (χ3v) is 10.3. The summed E-state index contributed by atoms with van der Waals surface area (Å²) in [6.45, 7) is 16.3. The summed E-state index contributed by atoms with van der Waals surface area (Å²) in [5.41, 5.74) is 1.66. The van der Waals surface area contributed by atoms with Crippen molar-refractivity contribution in [3.8, 4) is 0 Å². The second kappa shape index (κ2) is 6.95. The zero-order valence-corrected chi connectivity index (χ0v) is 19.5. The highest BCUT2D eigenvalue weighted by atomic mass is 16.5. The molecule has 4 rings (SSSR count). The molecule has 10 atom stereocenters. The maximum Gasteiger partial charge on any atom is 0.305 e. The first kappa shape index (κ1) is 21.1. The van der Waals surface area contributed by atoms with E-state index in [1.807, 2.05) is 13.0 Å². The summed E-state index contributed by atoms with van der Waals surface area (Å²) in [5, 5.41) is 0. The smallest absolute Gasteiger partial charge is 0.305 e. The van der Waals surface area contributed by atoms with E-state index in [2.05, 4.69) is 41.5 Å². The maximum absolute atomic E-state index is 12.3. The predicted octanol–water partition coefficient (Wildman–Crippen LogP) is 5.82. The van der Waals surface area contributed by atoms with Gasteiger partial charge in [-0.05, 0) is 72.2 Å². The fourth-order valence-electron chi connectivity index (χ4n) is 8.51. The Balaban J connectivity index is 1.75. The highest BCUT2D eigenvalue weighted by Gasteiger charge is 2.66. The summed E-state index contributed by atoms with van der Waals surface area (Å²) in [4.78, 5) is 24.5. The number of hydrogen-bond donors (Lipinski definition) is 0. The fraction of sp³-hybridized carbons (Fsp3) is 0.846. The summed E-state index contributed by atoms with van der Waals surface area (Å²) in [7, 11) is 0. The van der Waals surface area contributed by atoms with E-state index in [4.69, 9.17) is 4.74 Å². The van der Waals surface area contributed by atoms with Gasteiger partial charge in [0.2, 0.25) is 0 Å². The van der Waals surface area contributed by atoms with Gasteiger partial charge in [0.25, 0.3) is 0 Å². The number of ether oxygens (including phenoxy) is 1. The van der Waals surface area contributed by atoms with E-state index in [1.54, 1.807) is 0 Å². The van der Waals surface area contributed by atoms with E-state index in [-0.39, 0.29) is 22.9 Å². The number of esters is 1. The van der Waals surface area contributed by atoms with Crippen LogP contribution in [0.2, 0.25) is 0 Å². The second-order valence-electron chi connectivity index (χ2n) is 11.4. The van der Waals surface area contributed by atoms with Gasteiger partial charge in [0.1, 0.15) is 6.10 Å². The Morgan fingerprint density at radius 2 is 1.79 bits per heavy atom. The van der Waals surface area contributed by atoms with Gasteiger partial charge in [0.05, 0.1) is 0 Å². The molecule has 0 aliphatic heterocycles. The van der Waals surface area contributed by atoms with Gasteiger partial charge in [-0.15, -0.1) is 0 Å². The number of hydrogen-bond acceptors (Lipinski definition) is 3. The van der Waals surface area contributed by atoms with Crippen LogP contribution in [0.15, 0.2) is 11.6 Å². The molecule has 162 valence electrons. The van der Waals surface area contributed by atoms with Crippen LogP contribution in [0.1, 0.15) is 80.6 Å². The normalized spacial score (nSPS) is 51.6. The van der Waals surface area contributed by atoms with Crippen molar-refractivity contribution in [3.05, 3.63) is 11.6 Å². The molecule has 0 N–H and O–H groups in total. The summed E-state index contributed by atoms with van der Waals surface area (Å²) < 4.78 is 6.11. The van der Waals surface area contributed by atoms with E-state index < -0.39 is 0 Å². The Bertz CT molecular complexity index is 738. The Labute approximate surface area is 177 Å². The minimum atomic E-state index is -0.0499. The van der Waals surface area contributed by atoms with E-state index >= 15 is 0 Å². The molecule has 3 fully saturated rings. The van der Waals surface area contributed by atoms with Crippen molar-refractivity contribution in [3.63, 3.8) is 0 Å². The van der Waals surface area contributed by atoms with Crippen molar-refractivity contribution in [2.75, 3.05) is 0 Å². The Kier molecular flexibility index (Phi) is 5.07. The molecule has 3 unspecified atom stereocenters. The van der Waals surface area contributed by atoms with Gasteiger partial charge in [0.15, 0.2) is 5.78 Å². The quantitative estimate of drug-likeness (QED) is 0.548. The van der Waals surface area contributed by atoms with Gasteiger partial charge < -0.3 is 4.74 Å². The van der Waals surface area contributed by atoms with Crippen LogP contribution in [0.3, 0.4) is 0 Å². The standard InChI is InChI=1S/C26H40O3/c1-8-21(28)29-24-17(5)16(4)23-22-15(3)14(2)20-13-18(27)9-11-25(20,6)19(22)10-12-26(23,24)7/h13-17,19,22-24H,8-12H2,1-7H3/t14-,15+,16-,17+,19?,22?,23?,24+,25-,26+/m1/s1. The molecule has 3 heteroatoms. The molecule has 3 nitrogen and oxygen atoms in total. The SMILES string of the molecule is CCC(=O)O[C@H]1[C@@H](C)[C@@H](C)C2C3C(CC[C@@]21C)[C@@]1(C)CCC(=O)C=C1[C@H](C)[C@@H]3C. The molecule has 0 aromatic rings. The third-order valence-electron chi connectivity index (χ3n) is 10.3. The van der Waals surface area contributed by atoms with E-state index in [1.165, 1.54) is 12.0 Å². The van der Waals surface area contributed by atoms with Crippen LogP contribution in [0, 0.1) is 52.3 Å². The first-order valence-corrected chi connectivity index (χ1v) is 12.0. The number of fused-ring (bicyclic) bond motifs is 5. The monoisotopic (exact) mass is 400 g/mol. The summed E-state index contributed by atoms with van der Waals surface area (Å²) in [6, 6.07) is 0. The minimum Gasteiger partial charge on any atom is -0.461 e. The van der Waals surface area contributed by atoms with Crippen molar-refractivity contribution >= 4 is 11.8 Å². The number of ketones is 1. The van der Waals surface area contributed by atoms with E-state index in [9.17, 15) is 9.59 Å². The molecule has 4 aliphatic carbocycles. The largest absolute Gasteiger partial charge is 0.461 e. The maximum atomic E-state index is 12.3. The van der Waals surface area contributed by atoms with Crippen LogP contribution >= 0.6 is 0 Å². The van der Waals surface area contributed by atoms with Crippen molar-refractivity contribution in [1.82, 2.24) is 0 Å². The highest BCUT2D eigenvalue weighted by molar-refractivity contribution is 5.91. The van der Waals surface area contributed by atoms with Crippen LogP contribution in [0.25, 0.3) is 0 Å². The van der Waals surface area contributed by atoms with Crippen LogP contribution in [0.4, 0.5) is 0 Å². The van der Waals surface area contributed by atoms with Crippen molar-refractivity contribution in [1.29, 1.82) is 0 Å². The molecular formula is C26H40O3. The summed E-state index contributed by atoms with van der Waals surface area (Å²) >= 11 is 0. The predicted molar refractivity (Wildman–Crippen MR) is 115 cm³/mol. The fourth-order valence-corrected chi connectivity index (χ4v) is 8.51. The lowest BCUT2D eigenvalue weighted by atomic mass is 9.42. The molecule has 0 bridgehead atoms. The van der Waals surface area contributed by atoms with Crippen molar-refractivity contribution in [2.45, 2.75) is 86.7 Å².